The van der Waals surface area contributed by atoms with Crippen LogP contribution in [0.1, 0.15) is 43.2 Å². The summed E-state index contributed by atoms with van der Waals surface area (Å²) in [4.78, 5) is 16.8. The summed E-state index contributed by atoms with van der Waals surface area (Å²) in [6, 6.07) is 16.7. The molecule has 2 aliphatic rings. The zero-order chi connectivity index (χ0) is 27.1. The Morgan fingerprint density at radius 3 is 2.47 bits per heavy atom. The lowest BCUT2D eigenvalue weighted by Gasteiger charge is -2.31. The van der Waals surface area contributed by atoms with Crippen LogP contribution in [0.3, 0.4) is 0 Å². The minimum Gasteiger partial charge on any atom is -0.461 e. The van der Waals surface area contributed by atoms with Gasteiger partial charge in [0.15, 0.2) is 0 Å². The highest BCUT2D eigenvalue weighted by Crippen LogP contribution is 2.44. The molecule has 9 heteroatoms. The molecule has 4 rings (SSSR count). The molecule has 0 radical (unpaired) electrons. The minimum absolute atomic E-state index is 0.0472. The standard InChI is InChI=1S/C29H30F3N3O2S/c1-20-23(18-33)26(22-12-6-7-13-24(22)29(30,31)32)27(25(34-20)19-38-21-10-4-2-5-11-21)28(36)37-17-16-35-14-8-3-9-15-35/h2,4-7,10-13,26,34H,3,8-9,14-17,19H2,1H3. The van der Waals surface area contributed by atoms with Crippen molar-refractivity contribution in [3.05, 3.63) is 88.3 Å². The van der Waals surface area contributed by atoms with Crippen LogP contribution in [0.4, 0.5) is 13.2 Å². The number of allylic oxidation sites excluding steroid dienone is 2. The lowest BCUT2D eigenvalue weighted by atomic mass is 9.79. The topological polar surface area (TPSA) is 65.4 Å². The number of dihydropyridines is 1. The Morgan fingerprint density at radius 2 is 1.79 bits per heavy atom. The second-order valence-electron chi connectivity index (χ2n) is 9.33. The van der Waals surface area contributed by atoms with E-state index in [9.17, 15) is 23.2 Å². The number of esters is 1. The molecule has 0 bridgehead atoms. The van der Waals surface area contributed by atoms with Gasteiger partial charge < -0.3 is 10.1 Å². The summed E-state index contributed by atoms with van der Waals surface area (Å²) in [5.74, 6) is -1.62. The molecule has 0 saturated carbocycles. The first kappa shape index (κ1) is 27.8. The van der Waals surface area contributed by atoms with E-state index in [2.05, 4.69) is 16.3 Å². The fourth-order valence-corrected chi connectivity index (χ4v) is 5.81. The molecule has 1 unspecified atom stereocenters. The predicted molar refractivity (Wildman–Crippen MR) is 141 cm³/mol. The van der Waals surface area contributed by atoms with Crippen molar-refractivity contribution in [3.8, 4) is 6.07 Å². The van der Waals surface area contributed by atoms with E-state index in [1.165, 1.54) is 36.4 Å². The molecule has 5 nitrogen and oxygen atoms in total. The molecule has 2 heterocycles. The summed E-state index contributed by atoms with van der Waals surface area (Å²) in [5.41, 5.74) is -0.0314. The highest BCUT2D eigenvalue weighted by Gasteiger charge is 2.41. The molecule has 1 fully saturated rings. The molecule has 1 N–H and O–H groups in total. The number of hydrogen-bond donors (Lipinski definition) is 1. The number of carbonyl (C=O) groups is 1. The molecule has 0 aliphatic carbocycles. The van der Waals surface area contributed by atoms with Crippen LogP contribution in [0.5, 0.6) is 0 Å². The Labute approximate surface area is 225 Å². The fourth-order valence-electron chi connectivity index (χ4n) is 4.92. The number of likely N-dealkylation sites (tertiary alicyclic amines) is 1. The van der Waals surface area contributed by atoms with Crippen molar-refractivity contribution in [3.63, 3.8) is 0 Å². The Kier molecular flexibility index (Phi) is 9.18. The van der Waals surface area contributed by atoms with Gasteiger partial charge in [0, 0.05) is 28.6 Å². The number of ether oxygens (including phenoxy) is 1. The number of carbonyl (C=O) groups excluding carboxylic acids is 1. The quantitative estimate of drug-likeness (QED) is 0.314. The van der Waals surface area contributed by atoms with E-state index >= 15 is 0 Å². The van der Waals surface area contributed by atoms with Gasteiger partial charge in [-0.3, -0.25) is 4.90 Å². The van der Waals surface area contributed by atoms with E-state index < -0.39 is 23.6 Å². The van der Waals surface area contributed by atoms with Crippen molar-refractivity contribution in [2.24, 2.45) is 0 Å². The van der Waals surface area contributed by atoms with Crippen molar-refractivity contribution >= 4 is 17.7 Å². The maximum atomic E-state index is 14.1. The number of hydrogen-bond acceptors (Lipinski definition) is 6. The number of halogens is 3. The molecular weight excluding hydrogens is 511 g/mol. The number of alkyl halides is 3. The van der Waals surface area contributed by atoms with Gasteiger partial charge in [0.05, 0.1) is 28.7 Å². The van der Waals surface area contributed by atoms with Gasteiger partial charge in [-0.25, -0.2) is 4.79 Å². The number of nitrogens with one attached hydrogen (secondary N) is 1. The summed E-state index contributed by atoms with van der Waals surface area (Å²) in [5, 5.41) is 13.2. The average Bonchev–Trinajstić information content (AvgIpc) is 2.92. The van der Waals surface area contributed by atoms with E-state index in [4.69, 9.17) is 4.74 Å². The van der Waals surface area contributed by atoms with Crippen LogP contribution in [-0.4, -0.2) is 42.9 Å². The van der Waals surface area contributed by atoms with Gasteiger partial charge in [0.1, 0.15) is 6.61 Å². The van der Waals surface area contributed by atoms with Crippen molar-refractivity contribution < 1.29 is 22.7 Å². The maximum absolute atomic E-state index is 14.1. The van der Waals surface area contributed by atoms with Crippen molar-refractivity contribution in [2.75, 3.05) is 32.0 Å². The molecule has 2 aliphatic heterocycles. The normalized spacial score (nSPS) is 18.7. The molecule has 1 atom stereocenters. The molecule has 1 saturated heterocycles. The summed E-state index contributed by atoms with van der Waals surface area (Å²) < 4.78 is 47.9. The third kappa shape index (κ3) is 6.61. The number of piperidine rings is 1. The van der Waals surface area contributed by atoms with Crippen molar-refractivity contribution in [2.45, 2.75) is 43.2 Å². The molecule has 200 valence electrons. The molecule has 38 heavy (non-hydrogen) atoms. The van der Waals surface area contributed by atoms with E-state index in [1.54, 1.807) is 6.92 Å². The molecule has 0 aromatic heterocycles. The highest BCUT2D eigenvalue weighted by atomic mass is 32.2. The number of rotatable bonds is 8. The van der Waals surface area contributed by atoms with Crippen LogP contribution < -0.4 is 5.32 Å². The smallest absolute Gasteiger partial charge is 0.416 e. The van der Waals surface area contributed by atoms with Gasteiger partial charge in [-0.2, -0.15) is 18.4 Å². The second-order valence-corrected chi connectivity index (χ2v) is 10.4. The third-order valence-corrected chi connectivity index (χ3v) is 7.82. The Hall–Kier alpha value is -3.22. The van der Waals surface area contributed by atoms with Gasteiger partial charge >= 0.3 is 12.1 Å². The number of thioether (sulfide) groups is 1. The SMILES string of the molecule is CC1=C(C#N)C(c2ccccc2C(F)(F)F)C(C(=O)OCCN2CCCCC2)=C(CSc2ccccc2)N1. The van der Waals surface area contributed by atoms with Crippen molar-refractivity contribution in [1.82, 2.24) is 10.2 Å². The molecular formula is C29H30F3N3O2S. The molecule has 2 aromatic rings. The van der Waals surface area contributed by atoms with Crippen LogP contribution >= 0.6 is 11.8 Å². The first-order chi connectivity index (χ1) is 18.3. The number of benzene rings is 2. The second kappa shape index (κ2) is 12.5. The fraction of sp³-hybridized carbons (Fsp3) is 0.379. The number of nitrogens with zero attached hydrogens (tertiary/aromatic N) is 2. The van der Waals surface area contributed by atoms with Gasteiger partial charge in [-0.1, -0.05) is 42.8 Å². The zero-order valence-corrected chi connectivity index (χ0v) is 22.0. The average molecular weight is 542 g/mol. The summed E-state index contributed by atoms with van der Waals surface area (Å²) >= 11 is 1.45. The first-order valence-corrected chi connectivity index (χ1v) is 13.6. The lowest BCUT2D eigenvalue weighted by Crippen LogP contribution is -2.35. The van der Waals surface area contributed by atoms with E-state index in [-0.39, 0.29) is 23.3 Å². The van der Waals surface area contributed by atoms with Crippen LogP contribution in [0.15, 0.2) is 82.0 Å². The maximum Gasteiger partial charge on any atom is 0.416 e. The van der Waals surface area contributed by atoms with Gasteiger partial charge in [-0.15, -0.1) is 11.8 Å². The third-order valence-electron chi connectivity index (χ3n) is 6.78. The van der Waals surface area contributed by atoms with E-state index in [0.29, 0.717) is 23.7 Å². The summed E-state index contributed by atoms with van der Waals surface area (Å²) in [7, 11) is 0. The molecule has 2 aromatic carbocycles. The van der Waals surface area contributed by atoms with Crippen LogP contribution in [-0.2, 0) is 15.7 Å². The summed E-state index contributed by atoms with van der Waals surface area (Å²) in [6.45, 7) is 4.20. The Morgan fingerprint density at radius 1 is 1.11 bits per heavy atom. The molecule has 0 amide bonds. The monoisotopic (exact) mass is 541 g/mol. The van der Waals surface area contributed by atoms with Crippen molar-refractivity contribution in [1.29, 1.82) is 5.26 Å². The minimum atomic E-state index is -4.65. The highest BCUT2D eigenvalue weighted by molar-refractivity contribution is 7.99. The lowest BCUT2D eigenvalue weighted by molar-refractivity contribution is -0.141. The largest absolute Gasteiger partial charge is 0.461 e. The first-order valence-electron chi connectivity index (χ1n) is 12.6. The zero-order valence-electron chi connectivity index (χ0n) is 21.2. The van der Waals surface area contributed by atoms with Crippen LogP contribution in [0, 0.1) is 11.3 Å². The Balaban J connectivity index is 1.72. The van der Waals surface area contributed by atoms with Gasteiger partial charge in [0.25, 0.3) is 0 Å². The van der Waals surface area contributed by atoms with E-state index in [1.807, 2.05) is 30.3 Å². The summed E-state index contributed by atoms with van der Waals surface area (Å²) in [6.07, 6.45) is -1.29. The van der Waals surface area contributed by atoms with Crippen LogP contribution in [0.25, 0.3) is 0 Å². The van der Waals surface area contributed by atoms with Gasteiger partial charge in [0.2, 0.25) is 0 Å². The van der Waals surface area contributed by atoms with E-state index in [0.717, 1.165) is 36.9 Å². The van der Waals surface area contributed by atoms with Crippen LogP contribution in [0.2, 0.25) is 0 Å². The number of nitriles is 1. The van der Waals surface area contributed by atoms with Gasteiger partial charge in [-0.05, 0) is 56.6 Å². The Bertz CT molecular complexity index is 1250. The molecule has 0 spiro atoms. The predicted octanol–water partition coefficient (Wildman–Crippen LogP) is 6.27.